The van der Waals surface area contributed by atoms with E-state index in [4.69, 9.17) is 0 Å². The highest BCUT2D eigenvalue weighted by atomic mass is 79.9. The highest BCUT2D eigenvalue weighted by molar-refractivity contribution is 9.10. The van der Waals surface area contributed by atoms with Crippen LogP contribution in [0.5, 0.6) is 0 Å². The smallest absolute Gasteiger partial charge is 0.248 e. The van der Waals surface area contributed by atoms with Crippen LogP contribution in [0.15, 0.2) is 46.9 Å². The molecular weight excluding hydrogens is 418 g/mol. The maximum absolute atomic E-state index is 14.0. The van der Waals surface area contributed by atoms with Gasteiger partial charge in [0.1, 0.15) is 17.7 Å². The summed E-state index contributed by atoms with van der Waals surface area (Å²) in [6, 6.07) is 7.91. The van der Waals surface area contributed by atoms with Crippen molar-refractivity contribution in [2.45, 2.75) is 13.0 Å². The fourth-order valence-electron chi connectivity index (χ4n) is 2.24. The number of benzene rings is 2. The van der Waals surface area contributed by atoms with Gasteiger partial charge in [0.25, 0.3) is 0 Å². The first-order valence-electron chi connectivity index (χ1n) is 7.11. The molecule has 0 aliphatic rings. The number of carbonyl (C=O) groups excluding carboxylic acids is 1. The Kier molecular flexibility index (Phi) is 5.79. The summed E-state index contributed by atoms with van der Waals surface area (Å²) in [5, 5.41) is 2.32. The second-order valence-electron chi connectivity index (χ2n) is 5.30. The van der Waals surface area contributed by atoms with Gasteiger partial charge in [-0.1, -0.05) is 28.1 Å². The normalized spacial score (nSPS) is 12.5. The molecule has 5 nitrogen and oxygen atoms in total. The van der Waals surface area contributed by atoms with Crippen molar-refractivity contribution in [3.63, 3.8) is 0 Å². The van der Waals surface area contributed by atoms with Gasteiger partial charge in [-0.05, 0) is 37.3 Å². The van der Waals surface area contributed by atoms with Crippen molar-refractivity contribution in [2.24, 2.45) is 0 Å². The van der Waals surface area contributed by atoms with Gasteiger partial charge in [-0.2, -0.15) is 0 Å². The molecule has 134 valence electrons. The third-order valence-corrected chi connectivity index (χ3v) is 5.09. The van der Waals surface area contributed by atoms with E-state index in [2.05, 4.69) is 21.2 Å². The molecule has 0 aromatic heterocycles. The van der Waals surface area contributed by atoms with Crippen LogP contribution < -0.4 is 9.62 Å². The van der Waals surface area contributed by atoms with E-state index in [9.17, 15) is 22.0 Å². The quantitative estimate of drug-likeness (QED) is 0.785. The highest BCUT2D eigenvalue weighted by Crippen LogP contribution is 2.25. The first kappa shape index (κ1) is 19.3. The molecule has 9 heteroatoms. The lowest BCUT2D eigenvalue weighted by atomic mass is 10.2. The van der Waals surface area contributed by atoms with Crippen LogP contribution in [0.3, 0.4) is 0 Å². The molecule has 0 aliphatic carbocycles. The standard InChI is InChI=1S/C16H15BrF2N2O3S/c1-10(16(22)20-14-8-7-11(17)9-13(14)19)21(25(2,23)24)15-6-4-3-5-12(15)18/h3-10H,1-2H3,(H,20,22)/t10-/m0/s1. The molecule has 0 spiro atoms. The Balaban J connectivity index is 2.35. The van der Waals surface area contributed by atoms with Crippen LogP contribution in [0, 0.1) is 11.6 Å². The van der Waals surface area contributed by atoms with Crippen molar-refractivity contribution in [3.8, 4) is 0 Å². The third kappa shape index (κ3) is 4.55. The number of carbonyl (C=O) groups is 1. The molecule has 0 fully saturated rings. The molecule has 0 radical (unpaired) electrons. The highest BCUT2D eigenvalue weighted by Gasteiger charge is 2.31. The minimum absolute atomic E-state index is 0.109. The van der Waals surface area contributed by atoms with Gasteiger partial charge in [-0.3, -0.25) is 9.10 Å². The Morgan fingerprint density at radius 3 is 2.36 bits per heavy atom. The summed E-state index contributed by atoms with van der Waals surface area (Å²) < 4.78 is 53.2. The number of hydrogen-bond donors (Lipinski definition) is 1. The molecular formula is C16H15BrF2N2O3S. The number of nitrogens with one attached hydrogen (secondary N) is 1. The fourth-order valence-corrected chi connectivity index (χ4v) is 3.75. The van der Waals surface area contributed by atoms with Gasteiger partial charge in [0, 0.05) is 4.47 Å². The van der Waals surface area contributed by atoms with Gasteiger partial charge in [0.2, 0.25) is 15.9 Å². The lowest BCUT2D eigenvalue weighted by molar-refractivity contribution is -0.116. The van der Waals surface area contributed by atoms with Gasteiger partial charge in [-0.25, -0.2) is 17.2 Å². The summed E-state index contributed by atoms with van der Waals surface area (Å²) >= 11 is 3.10. The number of halogens is 3. The summed E-state index contributed by atoms with van der Waals surface area (Å²) in [6.07, 6.45) is 0.865. The molecule has 25 heavy (non-hydrogen) atoms. The van der Waals surface area contributed by atoms with E-state index in [0.29, 0.717) is 8.78 Å². The first-order valence-corrected chi connectivity index (χ1v) is 9.75. The number of sulfonamides is 1. The Morgan fingerprint density at radius 1 is 1.16 bits per heavy atom. The largest absolute Gasteiger partial charge is 0.322 e. The minimum atomic E-state index is -3.96. The summed E-state index contributed by atoms with van der Waals surface area (Å²) in [7, 11) is -3.96. The van der Waals surface area contributed by atoms with Crippen LogP contribution >= 0.6 is 15.9 Å². The number of hydrogen-bond acceptors (Lipinski definition) is 3. The van der Waals surface area contributed by atoms with Crippen molar-refractivity contribution >= 4 is 43.2 Å². The second kappa shape index (κ2) is 7.49. The van der Waals surface area contributed by atoms with Crippen LogP contribution in [0.25, 0.3) is 0 Å². The average Bonchev–Trinajstić information content (AvgIpc) is 2.50. The van der Waals surface area contributed by atoms with Crippen molar-refractivity contribution in [2.75, 3.05) is 15.9 Å². The number of nitrogens with zero attached hydrogens (tertiary/aromatic N) is 1. The maximum Gasteiger partial charge on any atom is 0.248 e. The molecule has 1 atom stereocenters. The predicted molar refractivity (Wildman–Crippen MR) is 95.9 cm³/mol. The summed E-state index contributed by atoms with van der Waals surface area (Å²) in [5.41, 5.74) is -0.369. The maximum atomic E-state index is 14.0. The average molecular weight is 433 g/mol. The summed E-state index contributed by atoms with van der Waals surface area (Å²) in [4.78, 5) is 12.4. The van der Waals surface area contributed by atoms with E-state index in [0.717, 1.165) is 18.4 Å². The van der Waals surface area contributed by atoms with Gasteiger partial charge in [0.05, 0.1) is 17.6 Å². The Bertz CT molecular complexity index is 906. The number of anilines is 2. The van der Waals surface area contributed by atoms with Crippen LogP contribution in [0.2, 0.25) is 0 Å². The molecule has 1 amide bonds. The summed E-state index contributed by atoms with van der Waals surface area (Å²) in [5.74, 6) is -2.27. The van der Waals surface area contributed by atoms with Crippen LogP contribution in [0.1, 0.15) is 6.92 Å². The molecule has 2 aromatic carbocycles. The van der Waals surface area contributed by atoms with Crippen LogP contribution in [0.4, 0.5) is 20.2 Å². The lowest BCUT2D eigenvalue weighted by Gasteiger charge is -2.28. The zero-order valence-corrected chi connectivity index (χ0v) is 15.7. The van der Waals surface area contributed by atoms with Gasteiger partial charge in [-0.15, -0.1) is 0 Å². The number of rotatable bonds is 5. The Labute approximate surface area is 152 Å². The van der Waals surface area contributed by atoms with Gasteiger partial charge >= 0.3 is 0 Å². The van der Waals surface area contributed by atoms with E-state index in [-0.39, 0.29) is 11.4 Å². The predicted octanol–water partition coefficient (Wildman–Crippen LogP) is 3.52. The number of para-hydroxylation sites is 1. The topological polar surface area (TPSA) is 66.5 Å². The zero-order chi connectivity index (χ0) is 18.8. The fraction of sp³-hybridized carbons (Fsp3) is 0.188. The molecule has 0 aliphatic heterocycles. The van der Waals surface area contributed by atoms with Crippen LogP contribution in [-0.2, 0) is 14.8 Å². The Morgan fingerprint density at radius 2 is 1.80 bits per heavy atom. The van der Waals surface area contributed by atoms with Crippen molar-refractivity contribution in [1.82, 2.24) is 0 Å². The van der Waals surface area contributed by atoms with Crippen molar-refractivity contribution in [1.29, 1.82) is 0 Å². The monoisotopic (exact) mass is 432 g/mol. The van der Waals surface area contributed by atoms with Gasteiger partial charge < -0.3 is 5.32 Å². The van der Waals surface area contributed by atoms with Crippen molar-refractivity contribution in [3.05, 3.63) is 58.6 Å². The molecule has 0 saturated carbocycles. The van der Waals surface area contributed by atoms with E-state index >= 15 is 0 Å². The van der Waals surface area contributed by atoms with Crippen molar-refractivity contribution < 1.29 is 22.0 Å². The molecule has 2 aromatic rings. The van der Waals surface area contributed by atoms with E-state index in [1.165, 1.54) is 37.3 Å². The molecule has 1 N–H and O–H groups in total. The van der Waals surface area contributed by atoms with Crippen LogP contribution in [-0.4, -0.2) is 26.6 Å². The van der Waals surface area contributed by atoms with E-state index in [1.807, 2.05) is 0 Å². The molecule has 0 saturated heterocycles. The molecule has 0 heterocycles. The zero-order valence-electron chi connectivity index (χ0n) is 13.3. The Hall–Kier alpha value is -2.00. The lowest BCUT2D eigenvalue weighted by Crippen LogP contribution is -2.45. The third-order valence-electron chi connectivity index (χ3n) is 3.37. The van der Waals surface area contributed by atoms with Gasteiger partial charge in [0.15, 0.2) is 0 Å². The SMILES string of the molecule is C[C@@H](C(=O)Nc1ccc(Br)cc1F)N(c1ccccc1F)S(C)(=O)=O. The summed E-state index contributed by atoms with van der Waals surface area (Å²) in [6.45, 7) is 1.29. The molecule has 0 unspecified atom stereocenters. The molecule has 0 bridgehead atoms. The second-order valence-corrected chi connectivity index (χ2v) is 8.07. The first-order chi connectivity index (χ1) is 11.6. The van der Waals surface area contributed by atoms with E-state index < -0.39 is 33.6 Å². The minimum Gasteiger partial charge on any atom is -0.322 e. The molecule has 2 rings (SSSR count). The van der Waals surface area contributed by atoms with E-state index in [1.54, 1.807) is 0 Å². The number of amides is 1.